The zero-order chi connectivity index (χ0) is 13.8. The van der Waals surface area contributed by atoms with Crippen LogP contribution in [0.4, 0.5) is 0 Å². The van der Waals surface area contributed by atoms with Crippen molar-refractivity contribution in [3.63, 3.8) is 0 Å². The molecule has 0 fully saturated rings. The summed E-state index contributed by atoms with van der Waals surface area (Å²) in [5.74, 6) is 0. The number of nitriles is 1. The molecule has 1 aromatic carbocycles. The maximum absolute atomic E-state index is 12.2. The molecule has 0 atom stereocenters. The Bertz CT molecular complexity index is 764. The van der Waals surface area contributed by atoms with Crippen LogP contribution in [0.2, 0.25) is 0 Å². The molecule has 0 aliphatic heterocycles. The van der Waals surface area contributed by atoms with Crippen LogP contribution in [-0.4, -0.2) is 9.13 Å². The van der Waals surface area contributed by atoms with Gasteiger partial charge in [0.1, 0.15) is 11.6 Å². The molecule has 0 N–H and O–H groups in total. The van der Waals surface area contributed by atoms with E-state index in [4.69, 9.17) is 5.26 Å². The highest BCUT2D eigenvalue weighted by atomic mass is 16.2. The van der Waals surface area contributed by atoms with Gasteiger partial charge in [0.25, 0.3) is 5.56 Å². The van der Waals surface area contributed by atoms with Crippen LogP contribution >= 0.6 is 0 Å². The largest absolute Gasteiger partial charge is 0.335 e. The highest BCUT2D eigenvalue weighted by Crippen LogP contribution is 2.03. The number of hydrogen-bond donors (Lipinski definition) is 0. The van der Waals surface area contributed by atoms with E-state index in [2.05, 4.69) is 6.58 Å². The van der Waals surface area contributed by atoms with Crippen molar-refractivity contribution >= 4 is 0 Å². The number of nitrogens with zero attached hydrogens (tertiary/aromatic N) is 3. The molecule has 0 amide bonds. The van der Waals surface area contributed by atoms with Crippen LogP contribution in [0.5, 0.6) is 0 Å². The molecule has 1 heterocycles. The summed E-state index contributed by atoms with van der Waals surface area (Å²) in [5, 5.41) is 8.97. The van der Waals surface area contributed by atoms with Crippen molar-refractivity contribution in [3.8, 4) is 11.8 Å². The van der Waals surface area contributed by atoms with Crippen LogP contribution in [-0.2, 0) is 6.54 Å². The van der Waals surface area contributed by atoms with Crippen LogP contribution in [0.1, 0.15) is 5.56 Å². The summed E-state index contributed by atoms with van der Waals surface area (Å²) in [7, 11) is 0. The van der Waals surface area contributed by atoms with E-state index in [1.165, 1.54) is 16.8 Å². The van der Waals surface area contributed by atoms with E-state index in [0.29, 0.717) is 5.69 Å². The molecule has 2 aromatic rings. The SMILES string of the molecule is C=CCn1c(=O)c(C#N)cn(-c2ccccc2)c1=O. The normalized spacial score (nSPS) is 9.84. The molecule has 19 heavy (non-hydrogen) atoms. The number of rotatable bonds is 3. The van der Waals surface area contributed by atoms with Crippen molar-refractivity contribution in [2.75, 3.05) is 0 Å². The van der Waals surface area contributed by atoms with E-state index < -0.39 is 11.2 Å². The average Bonchev–Trinajstić information content (AvgIpc) is 2.45. The predicted molar refractivity (Wildman–Crippen MR) is 71.2 cm³/mol. The van der Waals surface area contributed by atoms with E-state index in [0.717, 1.165) is 4.57 Å². The van der Waals surface area contributed by atoms with Crippen LogP contribution in [0.25, 0.3) is 5.69 Å². The average molecular weight is 253 g/mol. The zero-order valence-electron chi connectivity index (χ0n) is 10.1. The Morgan fingerprint density at radius 2 is 1.95 bits per heavy atom. The lowest BCUT2D eigenvalue weighted by molar-refractivity contribution is 0.677. The fraction of sp³-hybridized carbons (Fsp3) is 0.0714. The van der Waals surface area contributed by atoms with Crippen LogP contribution in [0, 0.1) is 11.3 Å². The van der Waals surface area contributed by atoms with Crippen molar-refractivity contribution in [3.05, 3.63) is 75.6 Å². The number of aromatic nitrogens is 2. The van der Waals surface area contributed by atoms with Gasteiger partial charge in [-0.25, -0.2) is 4.79 Å². The molecule has 0 aliphatic rings. The van der Waals surface area contributed by atoms with Crippen LogP contribution in [0.3, 0.4) is 0 Å². The van der Waals surface area contributed by atoms with Gasteiger partial charge in [-0.2, -0.15) is 5.26 Å². The van der Waals surface area contributed by atoms with Gasteiger partial charge in [0.2, 0.25) is 0 Å². The van der Waals surface area contributed by atoms with Gasteiger partial charge >= 0.3 is 5.69 Å². The van der Waals surface area contributed by atoms with E-state index in [-0.39, 0.29) is 12.1 Å². The van der Waals surface area contributed by atoms with Crippen LogP contribution < -0.4 is 11.2 Å². The van der Waals surface area contributed by atoms with Gasteiger partial charge in [0.05, 0.1) is 5.69 Å². The third-order valence-corrected chi connectivity index (χ3v) is 2.64. The fourth-order valence-corrected chi connectivity index (χ4v) is 1.74. The lowest BCUT2D eigenvalue weighted by Gasteiger charge is -2.09. The summed E-state index contributed by atoms with van der Waals surface area (Å²) in [6.45, 7) is 3.57. The highest BCUT2D eigenvalue weighted by molar-refractivity contribution is 5.34. The maximum Gasteiger partial charge on any atom is 0.335 e. The molecule has 0 unspecified atom stereocenters. The second-order valence-corrected chi connectivity index (χ2v) is 3.85. The first-order valence-corrected chi connectivity index (χ1v) is 5.62. The van der Waals surface area contributed by atoms with Gasteiger partial charge in [-0.05, 0) is 12.1 Å². The number of para-hydroxylation sites is 1. The smallest absolute Gasteiger partial charge is 0.268 e. The molecule has 0 bridgehead atoms. The number of benzene rings is 1. The summed E-state index contributed by atoms with van der Waals surface area (Å²) < 4.78 is 2.27. The molecule has 2 rings (SSSR count). The second kappa shape index (κ2) is 5.19. The summed E-state index contributed by atoms with van der Waals surface area (Å²) >= 11 is 0. The Labute approximate surface area is 109 Å². The molecule has 5 nitrogen and oxygen atoms in total. The minimum Gasteiger partial charge on any atom is -0.268 e. The molecule has 0 spiro atoms. The Morgan fingerprint density at radius 3 is 2.53 bits per heavy atom. The van der Waals surface area contributed by atoms with Gasteiger partial charge in [-0.1, -0.05) is 24.3 Å². The Morgan fingerprint density at radius 1 is 1.26 bits per heavy atom. The zero-order valence-corrected chi connectivity index (χ0v) is 10.1. The van der Waals surface area contributed by atoms with Gasteiger partial charge in [0.15, 0.2) is 0 Å². The van der Waals surface area contributed by atoms with Crippen molar-refractivity contribution in [2.45, 2.75) is 6.54 Å². The van der Waals surface area contributed by atoms with Crippen molar-refractivity contribution in [1.82, 2.24) is 9.13 Å². The Kier molecular flexibility index (Phi) is 3.44. The van der Waals surface area contributed by atoms with Crippen molar-refractivity contribution in [2.24, 2.45) is 0 Å². The summed E-state index contributed by atoms with van der Waals surface area (Å²) in [5.41, 5.74) is -0.568. The lowest BCUT2D eigenvalue weighted by atomic mass is 10.3. The van der Waals surface area contributed by atoms with E-state index in [1.807, 2.05) is 6.07 Å². The van der Waals surface area contributed by atoms with Gasteiger partial charge in [-0.15, -0.1) is 6.58 Å². The van der Waals surface area contributed by atoms with E-state index in [1.54, 1.807) is 30.3 Å². The summed E-state index contributed by atoms with van der Waals surface area (Å²) in [6.07, 6.45) is 2.71. The second-order valence-electron chi connectivity index (χ2n) is 3.85. The number of allylic oxidation sites excluding steroid dienone is 1. The monoisotopic (exact) mass is 253 g/mol. The molecule has 1 aromatic heterocycles. The Hall–Kier alpha value is -2.87. The molecule has 94 valence electrons. The lowest BCUT2D eigenvalue weighted by Crippen LogP contribution is -2.40. The molecule has 0 radical (unpaired) electrons. The third kappa shape index (κ3) is 2.24. The minimum atomic E-state index is -0.598. The predicted octanol–water partition coefficient (Wildman–Crippen LogP) is 1.06. The standard InChI is InChI=1S/C14H11N3O2/c1-2-8-16-13(18)11(9-15)10-17(14(16)19)12-6-4-3-5-7-12/h2-7,10H,1,8H2. The molecule has 5 heteroatoms. The quantitative estimate of drug-likeness (QED) is 0.768. The van der Waals surface area contributed by atoms with Crippen molar-refractivity contribution < 1.29 is 0 Å². The molecular weight excluding hydrogens is 242 g/mol. The third-order valence-electron chi connectivity index (χ3n) is 2.64. The molecule has 0 aliphatic carbocycles. The van der Waals surface area contributed by atoms with Gasteiger partial charge < -0.3 is 0 Å². The molecule has 0 saturated carbocycles. The minimum absolute atomic E-state index is 0.0695. The summed E-state index contributed by atoms with van der Waals surface area (Å²) in [4.78, 5) is 24.1. The first-order valence-electron chi connectivity index (χ1n) is 5.62. The topological polar surface area (TPSA) is 67.8 Å². The summed E-state index contributed by atoms with van der Waals surface area (Å²) in [6, 6.07) is 10.6. The van der Waals surface area contributed by atoms with Crippen LogP contribution in [0.15, 0.2) is 58.8 Å². The highest BCUT2D eigenvalue weighted by Gasteiger charge is 2.11. The van der Waals surface area contributed by atoms with Gasteiger partial charge in [0, 0.05) is 12.7 Å². The van der Waals surface area contributed by atoms with Crippen molar-refractivity contribution in [1.29, 1.82) is 5.26 Å². The molecule has 0 saturated heterocycles. The first kappa shape index (κ1) is 12.6. The van der Waals surface area contributed by atoms with E-state index in [9.17, 15) is 9.59 Å². The van der Waals surface area contributed by atoms with E-state index >= 15 is 0 Å². The first-order chi connectivity index (χ1) is 9.19. The maximum atomic E-state index is 12.2. The fourth-order valence-electron chi connectivity index (χ4n) is 1.74. The molecular formula is C14H11N3O2. The van der Waals surface area contributed by atoms with Gasteiger partial charge in [-0.3, -0.25) is 13.9 Å². The Balaban J connectivity index is 2.81. The number of hydrogen-bond acceptors (Lipinski definition) is 3.